The molecule has 108 valence electrons. The second-order valence-corrected chi connectivity index (χ2v) is 5.89. The van der Waals surface area contributed by atoms with Crippen LogP contribution in [0.4, 0.5) is 10.5 Å². The van der Waals surface area contributed by atoms with Crippen molar-refractivity contribution in [2.45, 2.75) is 38.8 Å². The third-order valence-corrected chi connectivity index (χ3v) is 2.91. The quantitative estimate of drug-likeness (QED) is 0.901. The zero-order valence-corrected chi connectivity index (χ0v) is 12.1. The molecule has 1 N–H and O–H groups in total. The molecule has 1 atom stereocenters. The van der Waals surface area contributed by atoms with Gasteiger partial charge in [-0.3, -0.25) is 4.79 Å². The number of hydrogen-bond donors (Lipinski definition) is 1. The van der Waals surface area contributed by atoms with Crippen molar-refractivity contribution < 1.29 is 14.3 Å². The van der Waals surface area contributed by atoms with Gasteiger partial charge in [-0.2, -0.15) is 0 Å². The predicted octanol–water partition coefficient (Wildman–Crippen LogP) is 2.32. The van der Waals surface area contributed by atoms with E-state index in [1.165, 1.54) is 0 Å². The molecule has 20 heavy (non-hydrogen) atoms. The molecule has 1 saturated heterocycles. The molecule has 1 aliphatic heterocycles. The average molecular weight is 276 g/mol. The molecule has 1 heterocycles. The van der Waals surface area contributed by atoms with E-state index in [9.17, 15) is 9.59 Å². The lowest BCUT2D eigenvalue weighted by Crippen LogP contribution is -2.40. The molecule has 0 bridgehead atoms. The second kappa shape index (κ2) is 5.53. The number of carbonyl (C=O) groups excluding carboxylic acids is 2. The molecule has 0 aromatic heterocycles. The van der Waals surface area contributed by atoms with E-state index in [4.69, 9.17) is 4.74 Å². The van der Waals surface area contributed by atoms with E-state index >= 15 is 0 Å². The average Bonchev–Trinajstić information content (AvgIpc) is 2.68. The van der Waals surface area contributed by atoms with E-state index < -0.39 is 11.7 Å². The van der Waals surface area contributed by atoms with Crippen LogP contribution in [0, 0.1) is 0 Å². The third-order valence-electron chi connectivity index (χ3n) is 2.91. The van der Waals surface area contributed by atoms with Crippen molar-refractivity contribution in [1.29, 1.82) is 0 Å². The lowest BCUT2D eigenvalue weighted by atomic mass is 10.2. The Balaban J connectivity index is 1.94. The highest BCUT2D eigenvalue weighted by Gasteiger charge is 2.32. The fourth-order valence-corrected chi connectivity index (χ4v) is 2.14. The summed E-state index contributed by atoms with van der Waals surface area (Å²) in [7, 11) is 0. The molecule has 5 nitrogen and oxygen atoms in total. The minimum atomic E-state index is -0.536. The number of rotatable bonds is 2. The maximum Gasteiger partial charge on any atom is 0.407 e. The molecule has 1 aromatic rings. The maximum absolute atomic E-state index is 12.0. The Labute approximate surface area is 118 Å². The van der Waals surface area contributed by atoms with Gasteiger partial charge in [0.25, 0.3) is 0 Å². The SMILES string of the molecule is CC(C)(C)OC(=O)N[C@H]1CC(=O)N(c2ccccc2)C1. The van der Waals surface area contributed by atoms with Gasteiger partial charge in [0, 0.05) is 18.7 Å². The first-order valence-corrected chi connectivity index (χ1v) is 6.70. The van der Waals surface area contributed by atoms with Crippen LogP contribution >= 0.6 is 0 Å². The molecule has 0 aliphatic carbocycles. The van der Waals surface area contributed by atoms with Gasteiger partial charge in [0.15, 0.2) is 0 Å². The topological polar surface area (TPSA) is 58.6 Å². The van der Waals surface area contributed by atoms with Gasteiger partial charge in [-0.05, 0) is 32.9 Å². The first-order chi connectivity index (χ1) is 9.35. The molecular weight excluding hydrogens is 256 g/mol. The summed E-state index contributed by atoms with van der Waals surface area (Å²) in [5.74, 6) is 0.0114. The summed E-state index contributed by atoms with van der Waals surface area (Å²) in [4.78, 5) is 25.4. The number of hydrogen-bond acceptors (Lipinski definition) is 3. The fraction of sp³-hybridized carbons (Fsp3) is 0.467. The lowest BCUT2D eigenvalue weighted by Gasteiger charge is -2.22. The van der Waals surface area contributed by atoms with E-state index in [0.29, 0.717) is 13.0 Å². The van der Waals surface area contributed by atoms with E-state index in [-0.39, 0.29) is 11.9 Å². The summed E-state index contributed by atoms with van der Waals surface area (Å²) >= 11 is 0. The van der Waals surface area contributed by atoms with E-state index in [0.717, 1.165) is 5.69 Å². The van der Waals surface area contributed by atoms with E-state index in [1.807, 2.05) is 51.1 Å². The number of anilines is 1. The highest BCUT2D eigenvalue weighted by molar-refractivity contribution is 5.96. The van der Waals surface area contributed by atoms with Gasteiger partial charge in [0.2, 0.25) is 5.91 Å². The number of amides is 2. The molecule has 0 radical (unpaired) electrons. The Bertz CT molecular complexity index is 494. The largest absolute Gasteiger partial charge is 0.444 e. The van der Waals surface area contributed by atoms with Crippen molar-refractivity contribution in [3.8, 4) is 0 Å². The van der Waals surface area contributed by atoms with E-state index in [1.54, 1.807) is 4.90 Å². The molecule has 0 saturated carbocycles. The van der Waals surface area contributed by atoms with E-state index in [2.05, 4.69) is 5.32 Å². The van der Waals surface area contributed by atoms with Crippen LogP contribution in [-0.4, -0.2) is 30.2 Å². The summed E-state index contributed by atoms with van der Waals surface area (Å²) in [6, 6.07) is 9.23. The molecule has 2 amide bonds. The van der Waals surface area contributed by atoms with Gasteiger partial charge < -0.3 is 15.0 Å². The maximum atomic E-state index is 12.0. The Morgan fingerprint density at radius 3 is 2.55 bits per heavy atom. The zero-order chi connectivity index (χ0) is 14.8. The van der Waals surface area contributed by atoms with Crippen molar-refractivity contribution in [3.05, 3.63) is 30.3 Å². The van der Waals surface area contributed by atoms with Crippen molar-refractivity contribution in [2.24, 2.45) is 0 Å². The Morgan fingerprint density at radius 2 is 1.95 bits per heavy atom. The number of alkyl carbamates (subject to hydrolysis) is 1. The van der Waals surface area contributed by atoms with Crippen LogP contribution in [0.2, 0.25) is 0 Å². The molecule has 5 heteroatoms. The molecule has 1 fully saturated rings. The van der Waals surface area contributed by atoms with Gasteiger partial charge in [-0.1, -0.05) is 18.2 Å². The summed E-state index contributed by atoms with van der Waals surface area (Å²) < 4.78 is 5.20. The second-order valence-electron chi connectivity index (χ2n) is 5.89. The Hall–Kier alpha value is -2.04. The van der Waals surface area contributed by atoms with Crippen molar-refractivity contribution in [2.75, 3.05) is 11.4 Å². The summed E-state index contributed by atoms with van der Waals surface area (Å²) in [5, 5.41) is 2.74. The van der Waals surface area contributed by atoms with Crippen molar-refractivity contribution in [1.82, 2.24) is 5.32 Å². The lowest BCUT2D eigenvalue weighted by molar-refractivity contribution is -0.117. The number of ether oxygens (including phenoxy) is 1. The number of benzene rings is 1. The van der Waals surface area contributed by atoms with Crippen molar-refractivity contribution >= 4 is 17.7 Å². The fourth-order valence-electron chi connectivity index (χ4n) is 2.14. The number of nitrogens with zero attached hydrogens (tertiary/aromatic N) is 1. The van der Waals surface area contributed by atoms with Gasteiger partial charge >= 0.3 is 6.09 Å². The number of para-hydroxylation sites is 1. The van der Waals surface area contributed by atoms with Gasteiger partial charge in [-0.25, -0.2) is 4.79 Å². The van der Waals surface area contributed by atoms with Crippen LogP contribution in [0.3, 0.4) is 0 Å². The summed E-state index contributed by atoms with van der Waals surface area (Å²) in [5.41, 5.74) is 0.317. The van der Waals surface area contributed by atoms with Gasteiger partial charge in [0.05, 0.1) is 6.04 Å². The van der Waals surface area contributed by atoms with Crippen LogP contribution < -0.4 is 10.2 Å². The predicted molar refractivity (Wildman–Crippen MR) is 76.6 cm³/mol. The van der Waals surface area contributed by atoms with Crippen LogP contribution in [0.1, 0.15) is 27.2 Å². The number of nitrogens with one attached hydrogen (secondary N) is 1. The molecule has 0 unspecified atom stereocenters. The number of carbonyl (C=O) groups is 2. The first kappa shape index (κ1) is 14.4. The zero-order valence-electron chi connectivity index (χ0n) is 12.1. The standard InChI is InChI=1S/C15H20N2O3/c1-15(2,3)20-14(19)16-11-9-13(18)17(10-11)12-7-5-4-6-8-12/h4-8,11H,9-10H2,1-3H3,(H,16,19)/t11-/m0/s1. The minimum absolute atomic E-state index is 0.0114. The highest BCUT2D eigenvalue weighted by atomic mass is 16.6. The molecule has 1 aromatic carbocycles. The summed E-state index contributed by atoms with van der Waals surface area (Å²) in [6.45, 7) is 5.90. The molecule has 1 aliphatic rings. The smallest absolute Gasteiger partial charge is 0.407 e. The van der Waals surface area contributed by atoms with Crippen molar-refractivity contribution in [3.63, 3.8) is 0 Å². The molecule has 2 rings (SSSR count). The van der Waals surface area contributed by atoms with Gasteiger partial charge in [0.1, 0.15) is 5.60 Å². The minimum Gasteiger partial charge on any atom is -0.444 e. The summed E-state index contributed by atoms with van der Waals surface area (Å²) in [6.07, 6.45) is -0.182. The van der Waals surface area contributed by atoms with Gasteiger partial charge in [-0.15, -0.1) is 0 Å². The monoisotopic (exact) mass is 276 g/mol. The van der Waals surface area contributed by atoms with Crippen LogP contribution in [0.15, 0.2) is 30.3 Å². The first-order valence-electron chi connectivity index (χ1n) is 6.70. The molecular formula is C15H20N2O3. The van der Waals surface area contributed by atoms with Crippen LogP contribution in [0.25, 0.3) is 0 Å². The highest BCUT2D eigenvalue weighted by Crippen LogP contribution is 2.21. The van der Waals surface area contributed by atoms with Crippen LogP contribution in [-0.2, 0) is 9.53 Å². The Kier molecular flexibility index (Phi) is 3.97. The molecule has 0 spiro atoms. The normalized spacial score (nSPS) is 19.1. The van der Waals surface area contributed by atoms with Crippen LogP contribution in [0.5, 0.6) is 0 Å². The Morgan fingerprint density at radius 1 is 1.30 bits per heavy atom. The third kappa shape index (κ3) is 3.73.